The average Bonchev–Trinajstić information content (AvgIpc) is 3.45. The van der Waals surface area contributed by atoms with Crippen molar-refractivity contribution in [3.05, 3.63) is 76.7 Å². The summed E-state index contributed by atoms with van der Waals surface area (Å²) in [6.45, 7) is 16.3. The lowest BCUT2D eigenvalue weighted by molar-refractivity contribution is 0.0866. The number of nitrogens with zero attached hydrogens (tertiary/aromatic N) is 6. The van der Waals surface area contributed by atoms with Gasteiger partial charge >= 0.3 is 0 Å². The predicted octanol–water partition coefficient (Wildman–Crippen LogP) is 7.84. The summed E-state index contributed by atoms with van der Waals surface area (Å²) in [4.78, 5) is 7.27. The number of rotatable bonds is 8. The van der Waals surface area contributed by atoms with Gasteiger partial charge in [-0.2, -0.15) is 5.26 Å². The third-order valence-corrected chi connectivity index (χ3v) is 8.50. The number of nitrogens with one attached hydrogen (secondary N) is 2. The first-order chi connectivity index (χ1) is 20.4. The molecule has 2 aromatic heterocycles. The van der Waals surface area contributed by atoms with Crippen molar-refractivity contribution in [3.63, 3.8) is 0 Å². The Morgan fingerprint density at radius 1 is 1.07 bits per heavy atom. The predicted molar refractivity (Wildman–Crippen MR) is 176 cm³/mol. The maximum absolute atomic E-state index is 9.88. The molecule has 5 rings (SSSR count). The number of benzene rings is 2. The van der Waals surface area contributed by atoms with Crippen LogP contribution in [0.4, 0.5) is 11.4 Å². The smallest absolute Gasteiger partial charge is 0.109 e. The molecule has 1 saturated heterocycles. The minimum atomic E-state index is -0.277. The van der Waals surface area contributed by atoms with Gasteiger partial charge in [-0.3, -0.25) is 9.88 Å². The number of fused-ring (bicyclic) bond motifs is 1. The van der Waals surface area contributed by atoms with Gasteiger partial charge in [-0.05, 0) is 63.1 Å². The van der Waals surface area contributed by atoms with E-state index in [-0.39, 0.29) is 17.0 Å². The topological polar surface area (TPSA) is 94.7 Å². The Morgan fingerprint density at radius 2 is 1.79 bits per heavy atom. The van der Waals surface area contributed by atoms with Gasteiger partial charge in [0.25, 0.3) is 0 Å². The fourth-order valence-corrected chi connectivity index (χ4v) is 5.96. The van der Waals surface area contributed by atoms with E-state index in [1.54, 1.807) is 6.20 Å². The lowest BCUT2D eigenvalue weighted by Crippen LogP contribution is -2.46. The number of hydrogen-bond donors (Lipinski definition) is 2. The van der Waals surface area contributed by atoms with E-state index >= 15 is 0 Å². The molecule has 2 aromatic carbocycles. The molecule has 1 aliphatic heterocycles. The number of halogens is 1. The summed E-state index contributed by atoms with van der Waals surface area (Å²) in [6.07, 6.45) is 6.75. The molecule has 226 valence electrons. The van der Waals surface area contributed by atoms with Gasteiger partial charge < -0.3 is 10.6 Å². The van der Waals surface area contributed by atoms with Gasteiger partial charge in [-0.15, -0.1) is 5.10 Å². The summed E-state index contributed by atoms with van der Waals surface area (Å²) < 4.78 is 2.04. The standard InChI is InChI=1S/C34H43ClN8/c1-33(2,3)14-15-37-30-24(20-36)21-38-32-27(30)18-25(35)19-28(32)39-31(23-10-8-7-9-11-23)29-22-43(41-40-29)26-12-16-42(17-13-26)34(4,5)6/h7-11,18-19,21-22,26,31,39H,12-17H2,1-6H3,(H,37,38)/t31-/m0/s1. The Morgan fingerprint density at radius 3 is 2.44 bits per heavy atom. The van der Waals surface area contributed by atoms with Crippen molar-refractivity contribution in [2.45, 2.75) is 78.4 Å². The van der Waals surface area contributed by atoms with E-state index in [4.69, 9.17) is 16.6 Å². The zero-order valence-corrected chi connectivity index (χ0v) is 26.9. The van der Waals surface area contributed by atoms with Crippen LogP contribution in [0, 0.1) is 16.7 Å². The van der Waals surface area contributed by atoms with Gasteiger partial charge in [0.1, 0.15) is 11.8 Å². The van der Waals surface area contributed by atoms with E-state index in [9.17, 15) is 5.26 Å². The Kier molecular flexibility index (Phi) is 8.96. The summed E-state index contributed by atoms with van der Waals surface area (Å²) in [5, 5.41) is 27.7. The van der Waals surface area contributed by atoms with Crippen molar-refractivity contribution in [1.29, 1.82) is 5.26 Å². The number of pyridine rings is 1. The SMILES string of the molecule is CC(C)(C)CCNc1c(C#N)cnc2c(N[C@@H](c3ccccc3)c3cn(C4CCN(C(C)(C)C)CC4)nn3)cc(Cl)cc12. The minimum absolute atomic E-state index is 0.164. The van der Waals surface area contributed by atoms with E-state index in [1.807, 2.05) is 35.0 Å². The molecule has 0 amide bonds. The van der Waals surface area contributed by atoms with Crippen molar-refractivity contribution in [3.8, 4) is 6.07 Å². The number of aromatic nitrogens is 4. The zero-order valence-electron chi connectivity index (χ0n) is 26.2. The Bertz CT molecular complexity index is 1590. The molecular formula is C34H43ClN8. The largest absolute Gasteiger partial charge is 0.383 e. The first kappa shape index (κ1) is 30.8. The summed E-state index contributed by atoms with van der Waals surface area (Å²) in [5.74, 6) is 0. The molecule has 1 atom stereocenters. The second-order valence-electron chi connectivity index (χ2n) is 13.7. The van der Waals surface area contributed by atoms with Gasteiger partial charge in [-0.1, -0.05) is 67.9 Å². The lowest BCUT2D eigenvalue weighted by Gasteiger charge is -2.40. The van der Waals surface area contributed by atoms with Crippen molar-refractivity contribution >= 4 is 33.9 Å². The van der Waals surface area contributed by atoms with Crippen LogP contribution < -0.4 is 10.6 Å². The summed E-state index contributed by atoms with van der Waals surface area (Å²) >= 11 is 6.71. The van der Waals surface area contributed by atoms with E-state index in [0.717, 1.165) is 72.4 Å². The molecule has 0 radical (unpaired) electrons. The van der Waals surface area contributed by atoms with Crippen molar-refractivity contribution < 1.29 is 0 Å². The Labute approximate surface area is 260 Å². The molecule has 2 N–H and O–H groups in total. The average molecular weight is 599 g/mol. The molecule has 9 heteroatoms. The monoisotopic (exact) mass is 598 g/mol. The van der Waals surface area contributed by atoms with Crippen molar-refractivity contribution in [2.75, 3.05) is 30.3 Å². The second-order valence-corrected chi connectivity index (χ2v) is 14.2. The van der Waals surface area contributed by atoms with E-state index in [2.05, 4.69) is 91.8 Å². The zero-order chi connectivity index (χ0) is 30.8. The Hall–Kier alpha value is -3.67. The molecule has 43 heavy (non-hydrogen) atoms. The fraction of sp³-hybridized carbons (Fsp3) is 0.471. The van der Waals surface area contributed by atoms with Crippen LogP contribution in [-0.4, -0.2) is 50.1 Å². The van der Waals surface area contributed by atoms with Crippen LogP contribution >= 0.6 is 11.6 Å². The molecule has 0 unspecified atom stereocenters. The lowest BCUT2D eigenvalue weighted by atomic mass is 9.92. The summed E-state index contributed by atoms with van der Waals surface area (Å²) in [7, 11) is 0. The first-order valence-corrected chi connectivity index (χ1v) is 15.6. The highest BCUT2D eigenvalue weighted by atomic mass is 35.5. The molecule has 0 aliphatic carbocycles. The van der Waals surface area contributed by atoms with Crippen LogP contribution in [0.5, 0.6) is 0 Å². The van der Waals surface area contributed by atoms with Crippen LogP contribution in [0.3, 0.4) is 0 Å². The van der Waals surface area contributed by atoms with Gasteiger partial charge in [0, 0.05) is 41.8 Å². The number of nitriles is 1. The van der Waals surface area contributed by atoms with E-state index in [0.29, 0.717) is 16.6 Å². The van der Waals surface area contributed by atoms with Gasteiger partial charge in [0.05, 0.1) is 40.7 Å². The van der Waals surface area contributed by atoms with Crippen LogP contribution in [-0.2, 0) is 0 Å². The first-order valence-electron chi connectivity index (χ1n) is 15.2. The van der Waals surface area contributed by atoms with E-state index < -0.39 is 0 Å². The fourth-order valence-electron chi connectivity index (χ4n) is 5.75. The highest BCUT2D eigenvalue weighted by Crippen LogP contribution is 2.37. The number of likely N-dealkylation sites (tertiary alicyclic amines) is 1. The van der Waals surface area contributed by atoms with Crippen molar-refractivity contribution in [1.82, 2.24) is 24.9 Å². The summed E-state index contributed by atoms with van der Waals surface area (Å²) in [5.41, 5.74) is 4.98. The van der Waals surface area contributed by atoms with Crippen LogP contribution in [0.1, 0.15) is 89.7 Å². The van der Waals surface area contributed by atoms with Gasteiger partial charge in [-0.25, -0.2) is 4.68 Å². The minimum Gasteiger partial charge on any atom is -0.383 e. The third-order valence-electron chi connectivity index (χ3n) is 8.28. The Balaban J connectivity index is 1.48. The molecule has 4 aromatic rings. The quantitative estimate of drug-likeness (QED) is 0.213. The number of hydrogen-bond acceptors (Lipinski definition) is 7. The number of piperidine rings is 1. The molecule has 0 saturated carbocycles. The van der Waals surface area contributed by atoms with Crippen LogP contribution in [0.25, 0.3) is 10.9 Å². The number of anilines is 2. The highest BCUT2D eigenvalue weighted by molar-refractivity contribution is 6.32. The molecule has 8 nitrogen and oxygen atoms in total. The highest BCUT2D eigenvalue weighted by Gasteiger charge is 2.29. The second kappa shape index (κ2) is 12.5. The maximum atomic E-state index is 9.88. The molecule has 0 spiro atoms. The molecular weight excluding hydrogens is 556 g/mol. The third kappa shape index (κ3) is 7.29. The normalized spacial score (nSPS) is 15.8. The van der Waals surface area contributed by atoms with Crippen molar-refractivity contribution in [2.24, 2.45) is 5.41 Å². The van der Waals surface area contributed by atoms with Gasteiger partial charge in [0.15, 0.2) is 0 Å². The van der Waals surface area contributed by atoms with Crippen LogP contribution in [0.15, 0.2) is 54.9 Å². The van der Waals surface area contributed by atoms with Crippen LogP contribution in [0.2, 0.25) is 5.02 Å². The molecule has 3 heterocycles. The molecule has 1 aliphatic rings. The van der Waals surface area contributed by atoms with E-state index in [1.165, 1.54) is 0 Å². The maximum Gasteiger partial charge on any atom is 0.109 e. The van der Waals surface area contributed by atoms with Gasteiger partial charge in [0.2, 0.25) is 0 Å². The molecule has 1 fully saturated rings. The molecule has 0 bridgehead atoms. The summed E-state index contributed by atoms with van der Waals surface area (Å²) in [6, 6.07) is 16.4.